The van der Waals surface area contributed by atoms with Crippen molar-refractivity contribution in [3.63, 3.8) is 0 Å². The molecule has 4 heteroatoms. The van der Waals surface area contributed by atoms with Crippen molar-refractivity contribution in [1.82, 2.24) is 9.97 Å². The smallest absolute Gasteiger partial charge is 0.148 e. The van der Waals surface area contributed by atoms with Crippen LogP contribution in [0.1, 0.15) is 56.0 Å². The van der Waals surface area contributed by atoms with Crippen molar-refractivity contribution in [3.8, 4) is 11.3 Å². The van der Waals surface area contributed by atoms with Crippen molar-refractivity contribution in [2.75, 3.05) is 5.43 Å². The lowest BCUT2D eigenvalue weighted by atomic mass is 9.62. The van der Waals surface area contributed by atoms with Crippen LogP contribution >= 0.6 is 0 Å². The highest BCUT2D eigenvalue weighted by molar-refractivity contribution is 5.76. The van der Waals surface area contributed by atoms with Crippen LogP contribution in [-0.2, 0) is 18.3 Å². The first-order chi connectivity index (χ1) is 11.3. The fourth-order valence-electron chi connectivity index (χ4n) is 4.48. The second-order valence-corrected chi connectivity index (χ2v) is 6.88. The summed E-state index contributed by atoms with van der Waals surface area (Å²) in [6.07, 6.45) is 8.20. The zero-order valence-corrected chi connectivity index (χ0v) is 13.7. The summed E-state index contributed by atoms with van der Waals surface area (Å²) in [6, 6.07) is 8.70. The van der Waals surface area contributed by atoms with Gasteiger partial charge in [0, 0.05) is 23.0 Å². The molecule has 1 spiro atoms. The molecular formula is C19H24N4. The largest absolute Gasteiger partial charge is 0.308 e. The highest BCUT2D eigenvalue weighted by atomic mass is 15.3. The summed E-state index contributed by atoms with van der Waals surface area (Å²) in [5, 5.41) is 0. The molecule has 4 nitrogen and oxygen atoms in total. The van der Waals surface area contributed by atoms with Crippen molar-refractivity contribution in [1.29, 1.82) is 0 Å². The number of aromatic nitrogens is 2. The third kappa shape index (κ3) is 2.24. The molecule has 0 saturated heterocycles. The summed E-state index contributed by atoms with van der Waals surface area (Å²) in [4.78, 5) is 9.62. The second kappa shape index (κ2) is 5.60. The van der Waals surface area contributed by atoms with E-state index in [9.17, 15) is 0 Å². The van der Waals surface area contributed by atoms with E-state index in [0.29, 0.717) is 0 Å². The molecule has 2 aromatic rings. The Morgan fingerprint density at radius 3 is 2.65 bits per heavy atom. The lowest BCUT2D eigenvalue weighted by molar-refractivity contribution is 0.288. The zero-order chi connectivity index (χ0) is 15.9. The van der Waals surface area contributed by atoms with Crippen molar-refractivity contribution in [3.05, 3.63) is 41.2 Å². The lowest BCUT2D eigenvalue weighted by Crippen LogP contribution is -2.37. The predicted octanol–water partition coefficient (Wildman–Crippen LogP) is 3.75. The van der Waals surface area contributed by atoms with E-state index in [1.165, 1.54) is 48.8 Å². The molecule has 1 saturated carbocycles. The Bertz CT molecular complexity index is 732. The fourth-order valence-corrected chi connectivity index (χ4v) is 4.48. The Morgan fingerprint density at radius 1 is 1.13 bits per heavy atom. The van der Waals surface area contributed by atoms with Gasteiger partial charge in [-0.2, -0.15) is 0 Å². The normalized spacial score (nSPS) is 18.3. The maximum atomic E-state index is 5.87. The van der Waals surface area contributed by atoms with Gasteiger partial charge >= 0.3 is 0 Å². The Balaban J connectivity index is 2.01. The third-order valence-electron chi connectivity index (χ3n) is 5.55. The van der Waals surface area contributed by atoms with Crippen molar-refractivity contribution >= 4 is 5.82 Å². The minimum atomic E-state index is 0.149. The van der Waals surface area contributed by atoms with Crippen molar-refractivity contribution < 1.29 is 0 Å². The molecular weight excluding hydrogens is 284 g/mol. The molecule has 3 N–H and O–H groups in total. The summed E-state index contributed by atoms with van der Waals surface area (Å²) in [5.74, 6) is 7.56. The van der Waals surface area contributed by atoms with Crippen LogP contribution in [0.5, 0.6) is 0 Å². The molecule has 1 aromatic heterocycles. The van der Waals surface area contributed by atoms with Crippen molar-refractivity contribution in [2.45, 2.75) is 57.3 Å². The molecule has 0 unspecified atom stereocenters. The maximum absolute atomic E-state index is 5.87. The monoisotopic (exact) mass is 308 g/mol. The highest BCUT2D eigenvalue weighted by Gasteiger charge is 2.42. The van der Waals surface area contributed by atoms with Gasteiger partial charge in [0.25, 0.3) is 0 Å². The number of fused-ring (bicyclic) bond motifs is 4. The molecule has 120 valence electrons. The van der Waals surface area contributed by atoms with Crippen LogP contribution in [0, 0.1) is 0 Å². The summed E-state index contributed by atoms with van der Waals surface area (Å²) >= 11 is 0. The number of hydrogen-bond acceptors (Lipinski definition) is 4. The number of benzene rings is 1. The third-order valence-corrected chi connectivity index (χ3v) is 5.55. The SMILES string of the molecule is CCc1nc(NN)c2c(n1)-c1ccccc1CC21CCCCC1. The lowest BCUT2D eigenvalue weighted by Gasteiger charge is -2.43. The summed E-state index contributed by atoms with van der Waals surface area (Å²) in [6.45, 7) is 2.09. The van der Waals surface area contributed by atoms with Gasteiger partial charge in [0.15, 0.2) is 0 Å². The minimum absolute atomic E-state index is 0.149. The molecule has 2 aliphatic carbocycles. The van der Waals surface area contributed by atoms with E-state index in [1.54, 1.807) is 0 Å². The fraction of sp³-hybridized carbons (Fsp3) is 0.474. The van der Waals surface area contributed by atoms with Gasteiger partial charge < -0.3 is 5.43 Å². The van der Waals surface area contributed by atoms with Crippen LogP contribution in [-0.4, -0.2) is 9.97 Å². The number of rotatable bonds is 2. The molecule has 2 aliphatic rings. The first-order valence-corrected chi connectivity index (χ1v) is 8.74. The van der Waals surface area contributed by atoms with Gasteiger partial charge in [0.05, 0.1) is 5.69 Å². The van der Waals surface area contributed by atoms with Gasteiger partial charge in [-0.3, -0.25) is 0 Å². The molecule has 1 fully saturated rings. The van der Waals surface area contributed by atoms with Crippen LogP contribution in [0.2, 0.25) is 0 Å². The Labute approximate surface area is 137 Å². The van der Waals surface area contributed by atoms with Crippen LogP contribution < -0.4 is 11.3 Å². The summed E-state index contributed by atoms with van der Waals surface area (Å²) in [7, 11) is 0. The molecule has 0 amide bonds. The number of aryl methyl sites for hydroxylation is 1. The number of nitrogens with one attached hydrogen (secondary N) is 1. The quantitative estimate of drug-likeness (QED) is 0.655. The highest BCUT2D eigenvalue weighted by Crippen LogP contribution is 2.51. The predicted molar refractivity (Wildman–Crippen MR) is 93.1 cm³/mol. The number of nitrogen functional groups attached to an aromatic ring is 1. The number of nitrogens with zero attached hydrogens (tertiary/aromatic N) is 2. The van der Waals surface area contributed by atoms with Gasteiger partial charge in [0.1, 0.15) is 11.6 Å². The average Bonchev–Trinajstić information content (AvgIpc) is 2.61. The van der Waals surface area contributed by atoms with Crippen LogP contribution in [0.25, 0.3) is 11.3 Å². The Hall–Kier alpha value is -1.94. The van der Waals surface area contributed by atoms with E-state index in [4.69, 9.17) is 15.8 Å². The first kappa shape index (κ1) is 14.6. The summed E-state index contributed by atoms with van der Waals surface area (Å²) < 4.78 is 0. The standard InChI is InChI=1S/C19H24N4/c1-2-15-21-17-14-9-5-4-8-13(14)12-19(10-6-3-7-11-19)16(17)18(22-15)23-20/h4-5,8-9H,2-3,6-7,10-12,20H2,1H3,(H,21,22,23). The number of hydrazine groups is 1. The van der Waals surface area contributed by atoms with Gasteiger partial charge in [0.2, 0.25) is 0 Å². The molecule has 0 aliphatic heterocycles. The van der Waals surface area contributed by atoms with E-state index in [0.717, 1.165) is 30.2 Å². The molecule has 0 bridgehead atoms. The minimum Gasteiger partial charge on any atom is -0.308 e. The molecule has 0 radical (unpaired) electrons. The number of anilines is 1. The van der Waals surface area contributed by atoms with Crippen molar-refractivity contribution in [2.24, 2.45) is 5.84 Å². The van der Waals surface area contributed by atoms with E-state index in [1.807, 2.05) is 0 Å². The molecule has 1 heterocycles. The number of nitrogens with two attached hydrogens (primary N) is 1. The molecule has 4 rings (SSSR count). The van der Waals surface area contributed by atoms with Crippen LogP contribution in [0.3, 0.4) is 0 Å². The average molecular weight is 308 g/mol. The van der Waals surface area contributed by atoms with E-state index >= 15 is 0 Å². The topological polar surface area (TPSA) is 63.8 Å². The molecule has 1 aromatic carbocycles. The van der Waals surface area contributed by atoms with E-state index in [-0.39, 0.29) is 5.41 Å². The van der Waals surface area contributed by atoms with Crippen LogP contribution in [0.4, 0.5) is 5.82 Å². The van der Waals surface area contributed by atoms with E-state index in [2.05, 4.69) is 36.6 Å². The Morgan fingerprint density at radius 2 is 1.91 bits per heavy atom. The van der Waals surface area contributed by atoms with Gasteiger partial charge in [-0.15, -0.1) is 0 Å². The zero-order valence-electron chi connectivity index (χ0n) is 13.7. The Kier molecular flexibility index (Phi) is 3.57. The van der Waals surface area contributed by atoms with Gasteiger partial charge in [-0.05, 0) is 24.8 Å². The van der Waals surface area contributed by atoms with E-state index < -0.39 is 0 Å². The molecule has 23 heavy (non-hydrogen) atoms. The van der Waals surface area contributed by atoms with Crippen LogP contribution in [0.15, 0.2) is 24.3 Å². The first-order valence-electron chi connectivity index (χ1n) is 8.74. The number of hydrogen-bond donors (Lipinski definition) is 2. The summed E-state index contributed by atoms with van der Waals surface area (Å²) in [5.41, 5.74) is 8.07. The van der Waals surface area contributed by atoms with Gasteiger partial charge in [-0.25, -0.2) is 15.8 Å². The second-order valence-electron chi connectivity index (χ2n) is 6.88. The maximum Gasteiger partial charge on any atom is 0.148 e. The van der Waals surface area contributed by atoms with Gasteiger partial charge in [-0.1, -0.05) is 50.5 Å². The molecule has 0 atom stereocenters.